The molecule has 1 aromatic rings. The molecular weight excluding hydrogens is 224 g/mol. The molecule has 2 rings (SSSR count). The Hall–Kier alpha value is -0.720. The van der Waals surface area contributed by atoms with Crippen molar-refractivity contribution in [3.8, 4) is 0 Å². The normalized spacial score (nSPS) is 20.6. The maximum Gasteiger partial charge on any atom is 0.205 e. The van der Waals surface area contributed by atoms with Crippen LogP contribution in [0.1, 0.15) is 17.8 Å². The maximum atomic E-state index is 5.60. The fourth-order valence-electron chi connectivity index (χ4n) is 1.85. The largest absolute Gasteiger partial charge is 0.377 e. The predicted molar refractivity (Wildman–Crippen MR) is 64.8 cm³/mol. The van der Waals surface area contributed by atoms with Gasteiger partial charge in [0, 0.05) is 20.2 Å². The van der Waals surface area contributed by atoms with Gasteiger partial charge in [-0.25, -0.2) is 0 Å². The first-order valence-electron chi connectivity index (χ1n) is 5.58. The zero-order valence-corrected chi connectivity index (χ0v) is 10.6. The average Bonchev–Trinajstić information content (AvgIpc) is 2.89. The second kappa shape index (κ2) is 5.56. The highest BCUT2D eigenvalue weighted by atomic mass is 32.1. The molecule has 1 atom stereocenters. The smallest absolute Gasteiger partial charge is 0.205 e. The Bertz CT molecular complexity index is 324. The molecule has 5 nitrogen and oxygen atoms in total. The van der Waals surface area contributed by atoms with Gasteiger partial charge in [-0.05, 0) is 19.9 Å². The summed E-state index contributed by atoms with van der Waals surface area (Å²) in [6.45, 7) is 2.74. The maximum absolute atomic E-state index is 5.60. The minimum Gasteiger partial charge on any atom is -0.377 e. The molecule has 0 bridgehead atoms. The molecule has 1 unspecified atom stereocenters. The van der Waals surface area contributed by atoms with Crippen molar-refractivity contribution in [3.63, 3.8) is 0 Å². The Morgan fingerprint density at radius 1 is 1.56 bits per heavy atom. The second-order valence-corrected chi connectivity index (χ2v) is 5.14. The van der Waals surface area contributed by atoms with Crippen LogP contribution in [0.15, 0.2) is 0 Å². The van der Waals surface area contributed by atoms with Crippen LogP contribution < -0.4 is 5.32 Å². The molecule has 90 valence electrons. The number of hydrogen-bond acceptors (Lipinski definition) is 6. The van der Waals surface area contributed by atoms with Gasteiger partial charge in [-0.3, -0.25) is 4.90 Å². The summed E-state index contributed by atoms with van der Waals surface area (Å²) in [5, 5.41) is 13.1. The lowest BCUT2D eigenvalue weighted by Crippen LogP contribution is -2.28. The van der Waals surface area contributed by atoms with E-state index in [1.54, 1.807) is 11.3 Å². The second-order valence-electron chi connectivity index (χ2n) is 4.08. The van der Waals surface area contributed by atoms with E-state index >= 15 is 0 Å². The van der Waals surface area contributed by atoms with Crippen LogP contribution in [0.4, 0.5) is 5.13 Å². The summed E-state index contributed by atoms with van der Waals surface area (Å²) < 4.78 is 5.60. The molecule has 0 amide bonds. The summed E-state index contributed by atoms with van der Waals surface area (Å²) in [6, 6.07) is 0. The van der Waals surface area contributed by atoms with Gasteiger partial charge < -0.3 is 10.1 Å². The minimum atomic E-state index is 0.404. The summed E-state index contributed by atoms with van der Waals surface area (Å²) in [6.07, 6.45) is 2.78. The van der Waals surface area contributed by atoms with E-state index in [1.807, 2.05) is 7.05 Å². The van der Waals surface area contributed by atoms with E-state index in [0.717, 1.165) is 29.8 Å². The standard InChI is InChI=1S/C10H18N4OS/c1-11-10-13-12-9(16-10)7-14(2)6-8-4-3-5-15-8/h8H,3-7H2,1-2H3,(H,11,13). The Kier molecular flexibility index (Phi) is 4.09. The third kappa shape index (κ3) is 3.13. The summed E-state index contributed by atoms with van der Waals surface area (Å²) >= 11 is 1.60. The van der Waals surface area contributed by atoms with E-state index < -0.39 is 0 Å². The minimum absolute atomic E-state index is 0.404. The lowest BCUT2D eigenvalue weighted by molar-refractivity contribution is 0.0792. The van der Waals surface area contributed by atoms with E-state index in [-0.39, 0.29) is 0 Å². The highest BCUT2D eigenvalue weighted by Crippen LogP contribution is 2.17. The molecule has 0 aliphatic carbocycles. The number of hydrogen-bond donors (Lipinski definition) is 1. The van der Waals surface area contributed by atoms with Crippen molar-refractivity contribution < 1.29 is 4.74 Å². The Balaban J connectivity index is 1.79. The topological polar surface area (TPSA) is 50.3 Å². The molecule has 0 aromatic carbocycles. The highest BCUT2D eigenvalue weighted by molar-refractivity contribution is 7.15. The molecule has 1 aliphatic rings. The summed E-state index contributed by atoms with van der Waals surface area (Å²) in [5.41, 5.74) is 0. The van der Waals surface area contributed by atoms with Crippen LogP contribution in [0.2, 0.25) is 0 Å². The van der Waals surface area contributed by atoms with E-state index in [4.69, 9.17) is 4.74 Å². The van der Waals surface area contributed by atoms with Gasteiger partial charge in [0.05, 0.1) is 12.6 Å². The van der Waals surface area contributed by atoms with Gasteiger partial charge in [0.2, 0.25) is 5.13 Å². The molecule has 1 aliphatic heterocycles. The van der Waals surface area contributed by atoms with E-state index in [1.165, 1.54) is 12.8 Å². The van der Waals surface area contributed by atoms with Crippen molar-refractivity contribution in [3.05, 3.63) is 5.01 Å². The monoisotopic (exact) mass is 242 g/mol. The quantitative estimate of drug-likeness (QED) is 0.840. The molecular formula is C10H18N4OS. The van der Waals surface area contributed by atoms with Gasteiger partial charge in [-0.15, -0.1) is 10.2 Å². The molecule has 1 N–H and O–H groups in total. The van der Waals surface area contributed by atoms with Gasteiger partial charge in [-0.1, -0.05) is 11.3 Å². The Morgan fingerprint density at radius 3 is 3.06 bits per heavy atom. The fraction of sp³-hybridized carbons (Fsp3) is 0.800. The number of rotatable bonds is 5. The number of anilines is 1. The lowest BCUT2D eigenvalue weighted by Gasteiger charge is -2.18. The van der Waals surface area contributed by atoms with Crippen LogP contribution in [0, 0.1) is 0 Å². The molecule has 1 aromatic heterocycles. The van der Waals surface area contributed by atoms with Crippen LogP contribution in [0.5, 0.6) is 0 Å². The van der Waals surface area contributed by atoms with Crippen LogP contribution in [-0.4, -0.2) is 48.4 Å². The molecule has 0 radical (unpaired) electrons. The number of nitrogens with one attached hydrogen (secondary N) is 1. The number of aromatic nitrogens is 2. The summed E-state index contributed by atoms with van der Waals surface area (Å²) in [7, 11) is 3.96. The van der Waals surface area contributed by atoms with Crippen LogP contribution in [-0.2, 0) is 11.3 Å². The Labute approximate surface area is 99.8 Å². The first-order chi connectivity index (χ1) is 7.78. The zero-order valence-electron chi connectivity index (χ0n) is 9.77. The Morgan fingerprint density at radius 2 is 2.44 bits per heavy atom. The van der Waals surface area contributed by atoms with Gasteiger partial charge in [-0.2, -0.15) is 0 Å². The van der Waals surface area contributed by atoms with E-state index in [0.29, 0.717) is 6.10 Å². The lowest BCUT2D eigenvalue weighted by atomic mass is 10.2. The van der Waals surface area contributed by atoms with Gasteiger partial charge in [0.1, 0.15) is 5.01 Å². The van der Waals surface area contributed by atoms with Crippen LogP contribution in [0.3, 0.4) is 0 Å². The van der Waals surface area contributed by atoms with Gasteiger partial charge in [0.15, 0.2) is 0 Å². The molecule has 2 heterocycles. The summed E-state index contributed by atoms with van der Waals surface area (Å²) in [5.74, 6) is 0. The van der Waals surface area contributed by atoms with Crippen molar-refractivity contribution in [1.29, 1.82) is 0 Å². The van der Waals surface area contributed by atoms with E-state index in [2.05, 4.69) is 27.5 Å². The van der Waals surface area contributed by atoms with Gasteiger partial charge in [0.25, 0.3) is 0 Å². The molecule has 0 spiro atoms. The van der Waals surface area contributed by atoms with Crippen LogP contribution >= 0.6 is 11.3 Å². The molecule has 1 fully saturated rings. The number of ether oxygens (including phenoxy) is 1. The molecule has 0 saturated carbocycles. The molecule has 16 heavy (non-hydrogen) atoms. The van der Waals surface area contributed by atoms with Crippen molar-refractivity contribution in [2.24, 2.45) is 0 Å². The highest BCUT2D eigenvalue weighted by Gasteiger charge is 2.18. The van der Waals surface area contributed by atoms with Gasteiger partial charge >= 0.3 is 0 Å². The fourth-order valence-corrected chi connectivity index (χ4v) is 2.62. The number of likely N-dealkylation sites (N-methyl/N-ethyl adjacent to an activating group) is 1. The first kappa shape index (κ1) is 11.8. The third-order valence-electron chi connectivity index (χ3n) is 2.63. The van der Waals surface area contributed by atoms with Crippen molar-refractivity contribution >= 4 is 16.5 Å². The van der Waals surface area contributed by atoms with Crippen LogP contribution in [0.25, 0.3) is 0 Å². The van der Waals surface area contributed by atoms with E-state index in [9.17, 15) is 0 Å². The van der Waals surface area contributed by atoms with Crippen molar-refractivity contribution in [2.45, 2.75) is 25.5 Å². The molecule has 6 heteroatoms. The summed E-state index contributed by atoms with van der Waals surface area (Å²) in [4.78, 5) is 2.25. The van der Waals surface area contributed by atoms with Crippen molar-refractivity contribution in [2.75, 3.05) is 32.6 Å². The first-order valence-corrected chi connectivity index (χ1v) is 6.40. The predicted octanol–water partition coefficient (Wildman–Crippen LogP) is 1.19. The SMILES string of the molecule is CNc1nnc(CN(C)CC2CCCO2)s1. The number of nitrogens with zero attached hydrogens (tertiary/aromatic N) is 3. The molecule has 1 saturated heterocycles. The van der Waals surface area contributed by atoms with Crippen molar-refractivity contribution in [1.82, 2.24) is 15.1 Å². The third-order valence-corrected chi connectivity index (χ3v) is 3.55. The zero-order chi connectivity index (χ0) is 11.4. The average molecular weight is 242 g/mol.